The number of aromatic hydroxyl groups is 1. The molecule has 3 atom stereocenters. The molecule has 7 nitrogen and oxygen atoms in total. The van der Waals surface area contributed by atoms with E-state index in [2.05, 4.69) is 12.2 Å². The van der Waals surface area contributed by atoms with E-state index < -0.39 is 11.4 Å². The molecular weight excluding hydrogens is 651 g/mol. The van der Waals surface area contributed by atoms with E-state index in [9.17, 15) is 19.5 Å². The second-order valence-corrected chi connectivity index (χ2v) is 13.7. The van der Waals surface area contributed by atoms with Gasteiger partial charge in [-0.2, -0.15) is 0 Å². The number of unbranched alkanes of at least 4 members (excludes halogenated alkanes) is 8. The zero-order valence-corrected chi connectivity index (χ0v) is 28.4. The van der Waals surface area contributed by atoms with E-state index in [0.29, 0.717) is 52.5 Å². The number of halogens is 2. The third-order valence-electron chi connectivity index (χ3n) is 9.56. The van der Waals surface area contributed by atoms with Crippen molar-refractivity contribution in [2.24, 2.45) is 11.8 Å². The monoisotopic (exact) mass is 690 g/mol. The van der Waals surface area contributed by atoms with E-state index >= 15 is 0 Å². The number of benzene rings is 3. The molecule has 0 spiro atoms. The SMILES string of the molecule is O=C(CCCCCCCCCCCOC(=O)c1ccccc1-c1c2ccc(=O)c(Cl)c-2oc2c(Cl)c(O)ccc12)OC1C[C@@H]2C=C[C@H]1C2. The van der Waals surface area contributed by atoms with Crippen LogP contribution in [0.3, 0.4) is 0 Å². The van der Waals surface area contributed by atoms with Crippen LogP contribution in [0.25, 0.3) is 33.4 Å². The molecule has 2 aromatic rings. The minimum Gasteiger partial charge on any atom is -0.506 e. The van der Waals surface area contributed by atoms with Crippen LogP contribution in [0.1, 0.15) is 87.4 Å². The van der Waals surface area contributed by atoms with E-state index in [1.165, 1.54) is 12.1 Å². The number of hydrogen-bond acceptors (Lipinski definition) is 7. The van der Waals surface area contributed by atoms with Crippen LogP contribution in [0.2, 0.25) is 10.0 Å². The number of hydrogen-bond donors (Lipinski definition) is 1. The number of phenols is 1. The first kappa shape index (κ1) is 34.1. The van der Waals surface area contributed by atoms with Gasteiger partial charge in [-0.1, -0.05) is 98.5 Å². The molecule has 1 N–H and O–H groups in total. The van der Waals surface area contributed by atoms with Crippen molar-refractivity contribution in [2.45, 2.75) is 83.2 Å². The van der Waals surface area contributed by atoms with Crippen molar-refractivity contribution in [3.63, 3.8) is 0 Å². The maximum atomic E-state index is 13.4. The molecule has 1 saturated carbocycles. The predicted octanol–water partition coefficient (Wildman–Crippen LogP) is 10.1. The van der Waals surface area contributed by atoms with Crippen LogP contribution >= 0.6 is 23.2 Å². The molecular formula is C39H40Cl2O7. The number of ether oxygens (including phenoxy) is 2. The fourth-order valence-corrected chi connectivity index (χ4v) is 7.45. The van der Waals surface area contributed by atoms with Crippen molar-refractivity contribution >= 4 is 46.1 Å². The Morgan fingerprint density at radius 3 is 2.27 bits per heavy atom. The highest BCUT2D eigenvalue weighted by Gasteiger charge is 2.38. The Labute approximate surface area is 290 Å². The molecule has 252 valence electrons. The van der Waals surface area contributed by atoms with Crippen molar-refractivity contribution in [3.05, 3.63) is 86.5 Å². The highest BCUT2D eigenvalue weighted by atomic mass is 35.5. The fraction of sp³-hybridized carbons (Fsp3) is 0.410. The molecule has 0 saturated heterocycles. The van der Waals surface area contributed by atoms with Crippen LogP contribution in [0.4, 0.5) is 0 Å². The Morgan fingerprint density at radius 1 is 0.812 bits per heavy atom. The van der Waals surface area contributed by atoms with Crippen LogP contribution in [0.5, 0.6) is 5.75 Å². The summed E-state index contributed by atoms with van der Waals surface area (Å²) in [4.78, 5) is 37.9. The van der Waals surface area contributed by atoms with Crippen molar-refractivity contribution < 1.29 is 28.6 Å². The number of carbonyl (C=O) groups excluding carboxylic acids is 2. The van der Waals surface area contributed by atoms with Gasteiger partial charge in [0.15, 0.2) is 11.3 Å². The maximum Gasteiger partial charge on any atom is 0.338 e. The molecule has 1 heterocycles. The molecule has 2 bridgehead atoms. The Kier molecular flexibility index (Phi) is 11.1. The lowest BCUT2D eigenvalue weighted by Crippen LogP contribution is -2.22. The summed E-state index contributed by atoms with van der Waals surface area (Å²) in [5, 5.41) is 10.6. The molecule has 0 radical (unpaired) electrons. The molecule has 48 heavy (non-hydrogen) atoms. The highest BCUT2D eigenvalue weighted by Crippen LogP contribution is 2.46. The molecule has 1 fully saturated rings. The molecule has 1 unspecified atom stereocenters. The Morgan fingerprint density at radius 2 is 1.54 bits per heavy atom. The highest BCUT2D eigenvalue weighted by molar-refractivity contribution is 6.37. The predicted molar refractivity (Wildman–Crippen MR) is 188 cm³/mol. The smallest absolute Gasteiger partial charge is 0.338 e. The van der Waals surface area contributed by atoms with Crippen LogP contribution in [0.15, 0.2) is 69.9 Å². The third-order valence-corrected chi connectivity index (χ3v) is 10.3. The van der Waals surface area contributed by atoms with Crippen molar-refractivity contribution in [1.29, 1.82) is 0 Å². The summed E-state index contributed by atoms with van der Waals surface area (Å²) in [6, 6.07) is 13.2. The Bertz CT molecular complexity index is 1840. The quantitative estimate of drug-likeness (QED) is 0.0573. The number of rotatable bonds is 15. The van der Waals surface area contributed by atoms with Crippen LogP contribution < -0.4 is 5.43 Å². The first-order chi connectivity index (χ1) is 23.3. The topological polar surface area (TPSA) is 103 Å². The van der Waals surface area contributed by atoms with E-state index in [1.807, 2.05) is 6.07 Å². The minimum atomic E-state index is -0.458. The van der Waals surface area contributed by atoms with E-state index in [0.717, 1.165) is 70.6 Å². The summed E-state index contributed by atoms with van der Waals surface area (Å²) in [6.07, 6.45) is 16.5. The van der Waals surface area contributed by atoms with E-state index in [4.69, 9.17) is 37.1 Å². The number of phenolic OH excluding ortho intramolecular Hbond substituents is 1. The van der Waals surface area contributed by atoms with Gasteiger partial charge in [0.05, 0.1) is 12.2 Å². The molecule has 9 heteroatoms. The maximum absolute atomic E-state index is 13.4. The first-order valence-electron chi connectivity index (χ1n) is 17.0. The second-order valence-electron chi connectivity index (χ2n) is 12.9. The van der Waals surface area contributed by atoms with Crippen molar-refractivity contribution in [1.82, 2.24) is 0 Å². The number of fused-ring (bicyclic) bond motifs is 4. The minimum absolute atomic E-state index is 0.0242. The van der Waals surface area contributed by atoms with Crippen molar-refractivity contribution in [3.8, 4) is 28.2 Å². The molecule has 6 rings (SSSR count). The average Bonchev–Trinajstić information content (AvgIpc) is 3.71. The summed E-state index contributed by atoms with van der Waals surface area (Å²) in [5.41, 5.74) is 1.78. The molecule has 3 aliphatic carbocycles. The van der Waals surface area contributed by atoms with Crippen molar-refractivity contribution in [2.75, 3.05) is 6.61 Å². The second kappa shape index (κ2) is 15.6. The van der Waals surface area contributed by atoms with Gasteiger partial charge in [-0.05, 0) is 67.5 Å². The summed E-state index contributed by atoms with van der Waals surface area (Å²) in [6.45, 7) is 0.304. The van der Waals surface area contributed by atoms with Gasteiger partial charge in [0, 0.05) is 28.9 Å². The van der Waals surface area contributed by atoms with Gasteiger partial charge in [0.2, 0.25) is 5.43 Å². The first-order valence-corrected chi connectivity index (χ1v) is 17.8. The average molecular weight is 692 g/mol. The Hall–Kier alpha value is -3.81. The lowest BCUT2D eigenvalue weighted by Gasteiger charge is -2.18. The van der Waals surface area contributed by atoms with Crippen LogP contribution in [-0.4, -0.2) is 29.8 Å². The Balaban J connectivity index is 0.949. The zero-order valence-electron chi connectivity index (χ0n) is 26.9. The lowest BCUT2D eigenvalue weighted by molar-refractivity contribution is -0.150. The van der Waals surface area contributed by atoms with Crippen LogP contribution in [-0.2, 0) is 14.3 Å². The van der Waals surface area contributed by atoms with E-state index in [-0.39, 0.29) is 39.2 Å². The number of carbonyl (C=O) groups is 2. The summed E-state index contributed by atoms with van der Waals surface area (Å²) in [7, 11) is 0. The van der Waals surface area contributed by atoms with Gasteiger partial charge in [-0.25, -0.2) is 4.79 Å². The number of allylic oxidation sites excluding steroid dienone is 1. The normalized spacial score (nSPS) is 18.2. The summed E-state index contributed by atoms with van der Waals surface area (Å²) < 4.78 is 17.4. The van der Waals surface area contributed by atoms with E-state index in [1.54, 1.807) is 30.3 Å². The fourth-order valence-electron chi connectivity index (χ4n) is 7.04. The molecule has 1 aliphatic heterocycles. The standard InChI is InChI=1S/C39H40Cl2O7/c40-35-30(42)19-17-28-34(29-18-20-31(43)36(41)38(29)48-37(28)35)26-12-9-10-13-27(26)39(45)46-21-11-7-5-3-1-2-4-6-8-14-33(44)47-32-23-24-15-16-25(32)22-24/h9-10,12-13,15-20,24-25,32,42H,1-8,11,14,21-23H2/t24-,25+,32?/m1/s1. The van der Waals surface area contributed by atoms with Gasteiger partial charge in [-0.3, -0.25) is 9.59 Å². The van der Waals surface area contributed by atoms with Gasteiger partial charge in [0.25, 0.3) is 0 Å². The van der Waals surface area contributed by atoms with Gasteiger partial charge in [-0.15, -0.1) is 0 Å². The van der Waals surface area contributed by atoms with Gasteiger partial charge in [0.1, 0.15) is 21.9 Å². The van der Waals surface area contributed by atoms with Gasteiger partial charge >= 0.3 is 11.9 Å². The number of esters is 2. The lowest BCUT2D eigenvalue weighted by atomic mass is 9.90. The molecule has 4 aliphatic rings. The largest absolute Gasteiger partial charge is 0.506 e. The molecule has 2 aromatic carbocycles. The summed E-state index contributed by atoms with van der Waals surface area (Å²) in [5.74, 6) is 0.486. The molecule has 0 amide bonds. The van der Waals surface area contributed by atoms with Crippen LogP contribution in [0, 0.1) is 11.8 Å². The third kappa shape index (κ3) is 7.58. The zero-order chi connectivity index (χ0) is 33.6. The summed E-state index contributed by atoms with van der Waals surface area (Å²) >= 11 is 12.8. The molecule has 0 aromatic heterocycles. The van der Waals surface area contributed by atoms with Gasteiger partial charge < -0.3 is 19.0 Å².